The number of allylic oxidation sites excluding steroid dienone is 3. The van der Waals surface area contributed by atoms with Crippen molar-refractivity contribution in [2.24, 2.45) is 17.8 Å². The molecule has 2 aliphatic rings. The Balaban J connectivity index is 1.45. The lowest BCUT2D eigenvalue weighted by atomic mass is 9.77. The van der Waals surface area contributed by atoms with E-state index in [4.69, 9.17) is 0 Å². The maximum Gasteiger partial charge on any atom is -0.0162 e. The van der Waals surface area contributed by atoms with Crippen molar-refractivity contribution in [3.05, 3.63) is 60.2 Å². The molecule has 0 heterocycles. The second-order valence-electron chi connectivity index (χ2n) is 7.82. The first-order valence-electron chi connectivity index (χ1n) is 9.62. The van der Waals surface area contributed by atoms with Gasteiger partial charge in [-0.05, 0) is 87.5 Å². The van der Waals surface area contributed by atoms with E-state index in [2.05, 4.69) is 56.0 Å². The molecule has 1 aromatic rings. The molecule has 2 fully saturated rings. The van der Waals surface area contributed by atoms with Crippen LogP contribution < -0.4 is 0 Å². The van der Waals surface area contributed by atoms with E-state index in [0.717, 1.165) is 23.7 Å². The molecular formula is C23H32. The predicted octanol–water partition coefficient (Wildman–Crippen LogP) is 6.82. The molecule has 0 nitrogen and oxygen atoms in total. The van der Waals surface area contributed by atoms with Gasteiger partial charge in [-0.2, -0.15) is 0 Å². The molecule has 3 rings (SSSR count). The summed E-state index contributed by atoms with van der Waals surface area (Å²) in [5, 5.41) is 0. The Morgan fingerprint density at radius 2 is 1.22 bits per heavy atom. The van der Waals surface area contributed by atoms with Gasteiger partial charge in [0.25, 0.3) is 0 Å². The Bertz CT molecular complexity index is 505. The SMILES string of the molecule is C=CC1CCC(C=CC2CCC(c3ccc(C)cc3)CC2)CC1. The Hall–Kier alpha value is -1.30. The molecule has 2 saturated carbocycles. The quantitative estimate of drug-likeness (QED) is 0.535. The maximum absolute atomic E-state index is 3.95. The van der Waals surface area contributed by atoms with Crippen LogP contribution in [0.25, 0.3) is 0 Å². The fraction of sp³-hybridized carbons (Fsp3) is 0.565. The molecule has 23 heavy (non-hydrogen) atoms. The zero-order valence-corrected chi connectivity index (χ0v) is 14.7. The third-order valence-electron chi connectivity index (χ3n) is 6.13. The smallest absolute Gasteiger partial charge is 0.0162 e. The van der Waals surface area contributed by atoms with E-state index in [1.165, 1.54) is 56.9 Å². The third-order valence-corrected chi connectivity index (χ3v) is 6.13. The Morgan fingerprint density at radius 3 is 1.74 bits per heavy atom. The Morgan fingerprint density at radius 1 is 0.739 bits per heavy atom. The highest BCUT2D eigenvalue weighted by molar-refractivity contribution is 5.25. The topological polar surface area (TPSA) is 0 Å². The van der Waals surface area contributed by atoms with Gasteiger partial charge in [-0.1, -0.05) is 48.1 Å². The van der Waals surface area contributed by atoms with Crippen LogP contribution in [0.1, 0.15) is 68.4 Å². The van der Waals surface area contributed by atoms with E-state index in [1.54, 1.807) is 5.56 Å². The molecule has 0 spiro atoms. The standard InChI is InChI=1S/C23H32/c1-3-19-6-8-20(9-7-19)10-11-21-12-16-23(17-13-21)22-14-4-18(2)5-15-22/h3-5,10-11,14-15,19-21,23H,1,6-9,12-13,16-17H2,2H3. The maximum atomic E-state index is 3.95. The molecule has 0 amide bonds. The molecule has 2 aliphatic carbocycles. The van der Waals surface area contributed by atoms with E-state index in [0.29, 0.717) is 0 Å². The van der Waals surface area contributed by atoms with Crippen LogP contribution >= 0.6 is 0 Å². The molecule has 0 atom stereocenters. The summed E-state index contributed by atoms with van der Waals surface area (Å²) in [4.78, 5) is 0. The highest BCUT2D eigenvalue weighted by Crippen LogP contribution is 2.37. The zero-order valence-electron chi connectivity index (χ0n) is 14.7. The second-order valence-corrected chi connectivity index (χ2v) is 7.82. The van der Waals surface area contributed by atoms with Crippen molar-refractivity contribution in [3.8, 4) is 0 Å². The van der Waals surface area contributed by atoms with Crippen molar-refractivity contribution in [1.29, 1.82) is 0 Å². The molecular weight excluding hydrogens is 276 g/mol. The molecule has 0 radical (unpaired) electrons. The molecule has 0 saturated heterocycles. The van der Waals surface area contributed by atoms with Crippen LogP contribution in [0.4, 0.5) is 0 Å². The average Bonchev–Trinajstić information content (AvgIpc) is 2.61. The third kappa shape index (κ3) is 4.59. The van der Waals surface area contributed by atoms with Crippen LogP contribution in [0.3, 0.4) is 0 Å². The molecule has 0 heteroatoms. The fourth-order valence-corrected chi connectivity index (χ4v) is 4.37. The zero-order chi connectivity index (χ0) is 16.1. The summed E-state index contributed by atoms with van der Waals surface area (Å²) in [6.45, 7) is 6.12. The highest BCUT2D eigenvalue weighted by atomic mass is 14.3. The van der Waals surface area contributed by atoms with Crippen LogP contribution in [-0.2, 0) is 0 Å². The molecule has 1 aromatic carbocycles. The van der Waals surface area contributed by atoms with Crippen molar-refractivity contribution in [2.75, 3.05) is 0 Å². The van der Waals surface area contributed by atoms with Crippen LogP contribution in [-0.4, -0.2) is 0 Å². The summed E-state index contributed by atoms with van der Waals surface area (Å²) >= 11 is 0. The van der Waals surface area contributed by atoms with E-state index < -0.39 is 0 Å². The minimum absolute atomic E-state index is 0.782. The van der Waals surface area contributed by atoms with Gasteiger partial charge in [0.1, 0.15) is 0 Å². The largest absolute Gasteiger partial charge is 0.103 e. The molecule has 0 aliphatic heterocycles. The number of rotatable bonds is 4. The number of hydrogen-bond donors (Lipinski definition) is 0. The Kier molecular flexibility index (Phi) is 5.75. The minimum atomic E-state index is 0.782. The average molecular weight is 309 g/mol. The lowest BCUT2D eigenvalue weighted by molar-refractivity contribution is 0.349. The number of benzene rings is 1. The second kappa shape index (κ2) is 7.99. The van der Waals surface area contributed by atoms with Crippen LogP contribution in [0.15, 0.2) is 49.1 Å². The van der Waals surface area contributed by atoms with Crippen molar-refractivity contribution in [1.82, 2.24) is 0 Å². The normalized spacial score (nSPS) is 32.0. The first-order valence-corrected chi connectivity index (χ1v) is 9.62. The molecule has 0 bridgehead atoms. The van der Waals surface area contributed by atoms with Gasteiger partial charge in [0.15, 0.2) is 0 Å². The van der Waals surface area contributed by atoms with E-state index in [-0.39, 0.29) is 0 Å². The van der Waals surface area contributed by atoms with Crippen LogP contribution in [0.2, 0.25) is 0 Å². The van der Waals surface area contributed by atoms with Crippen LogP contribution in [0.5, 0.6) is 0 Å². The van der Waals surface area contributed by atoms with Gasteiger partial charge in [0.2, 0.25) is 0 Å². The minimum Gasteiger partial charge on any atom is -0.103 e. The van der Waals surface area contributed by atoms with Gasteiger partial charge in [-0.25, -0.2) is 0 Å². The first kappa shape index (κ1) is 16.6. The lowest BCUT2D eigenvalue weighted by Crippen LogP contribution is -2.13. The van der Waals surface area contributed by atoms with Gasteiger partial charge in [0, 0.05) is 0 Å². The molecule has 0 aromatic heterocycles. The summed E-state index contributed by atoms with van der Waals surface area (Å²) in [7, 11) is 0. The van der Waals surface area contributed by atoms with E-state index in [9.17, 15) is 0 Å². The molecule has 0 N–H and O–H groups in total. The summed E-state index contributed by atoms with van der Waals surface area (Å²) in [5.74, 6) is 3.24. The summed E-state index contributed by atoms with van der Waals surface area (Å²) < 4.78 is 0. The van der Waals surface area contributed by atoms with Gasteiger partial charge < -0.3 is 0 Å². The van der Waals surface area contributed by atoms with E-state index >= 15 is 0 Å². The number of hydrogen-bond acceptors (Lipinski definition) is 0. The van der Waals surface area contributed by atoms with Crippen molar-refractivity contribution in [2.45, 2.75) is 64.2 Å². The number of aryl methyl sites for hydroxylation is 1. The van der Waals surface area contributed by atoms with Gasteiger partial charge in [0.05, 0.1) is 0 Å². The van der Waals surface area contributed by atoms with Gasteiger partial charge in [-0.15, -0.1) is 6.58 Å². The van der Waals surface area contributed by atoms with E-state index in [1.807, 2.05) is 0 Å². The Labute approximate surface area is 142 Å². The summed E-state index contributed by atoms with van der Waals surface area (Å²) in [6.07, 6.45) is 18.2. The first-order chi connectivity index (χ1) is 11.2. The van der Waals surface area contributed by atoms with Gasteiger partial charge >= 0.3 is 0 Å². The van der Waals surface area contributed by atoms with Crippen molar-refractivity contribution < 1.29 is 0 Å². The predicted molar refractivity (Wildman–Crippen MR) is 101 cm³/mol. The monoisotopic (exact) mass is 308 g/mol. The fourth-order valence-electron chi connectivity index (χ4n) is 4.37. The highest BCUT2D eigenvalue weighted by Gasteiger charge is 2.22. The van der Waals surface area contributed by atoms with Crippen LogP contribution in [0, 0.1) is 24.7 Å². The molecule has 0 unspecified atom stereocenters. The summed E-state index contributed by atoms with van der Waals surface area (Å²) in [6, 6.07) is 9.21. The van der Waals surface area contributed by atoms with Crippen molar-refractivity contribution in [3.63, 3.8) is 0 Å². The summed E-state index contributed by atoms with van der Waals surface area (Å²) in [5.41, 5.74) is 2.93. The lowest BCUT2D eigenvalue weighted by Gasteiger charge is -2.28. The van der Waals surface area contributed by atoms with Gasteiger partial charge in [-0.3, -0.25) is 0 Å². The van der Waals surface area contributed by atoms with Crippen molar-refractivity contribution >= 4 is 0 Å². The molecule has 124 valence electrons.